The molecule has 0 radical (unpaired) electrons. The first-order valence-electron chi connectivity index (χ1n) is 4.79. The van der Waals surface area contributed by atoms with Gasteiger partial charge in [-0.25, -0.2) is 0 Å². The van der Waals surface area contributed by atoms with Crippen molar-refractivity contribution in [2.45, 2.75) is 39.5 Å². The van der Waals surface area contributed by atoms with Gasteiger partial charge >= 0.3 is 12.2 Å². The Morgan fingerprint density at radius 3 is 1.33 bits per heavy atom. The lowest BCUT2D eigenvalue weighted by Gasteiger charge is -2.10. The largest absolute Gasteiger partial charge is 0.455 e. The first-order valence-corrected chi connectivity index (χ1v) is 4.79. The van der Waals surface area contributed by atoms with Crippen molar-refractivity contribution in [3.8, 4) is 0 Å². The van der Waals surface area contributed by atoms with Crippen molar-refractivity contribution < 1.29 is 22.3 Å². The van der Waals surface area contributed by atoms with E-state index in [0.717, 1.165) is 0 Å². The minimum Gasteiger partial charge on any atom is -0.455 e. The summed E-state index contributed by atoms with van der Waals surface area (Å²) in [4.78, 5) is 0. The van der Waals surface area contributed by atoms with E-state index in [9.17, 15) is 17.6 Å². The highest BCUT2D eigenvalue weighted by Crippen LogP contribution is 2.24. The predicted octanol–water partition coefficient (Wildman–Crippen LogP) is 4.82. The first-order chi connectivity index (χ1) is 7.02. The second-order valence-electron chi connectivity index (χ2n) is 2.97. The molecule has 0 saturated heterocycles. The molecule has 0 spiro atoms. The van der Waals surface area contributed by atoms with Gasteiger partial charge in [-0.15, -0.1) is 0 Å². The molecule has 5 heteroatoms. The zero-order valence-corrected chi connectivity index (χ0v) is 8.75. The Bertz CT molecular complexity index is 224. The normalized spacial score (nSPS) is 9.73. The van der Waals surface area contributed by atoms with Crippen molar-refractivity contribution in [1.29, 1.82) is 0 Å². The summed E-state index contributed by atoms with van der Waals surface area (Å²) >= 11 is 0. The molecule has 0 heterocycles. The zero-order chi connectivity index (χ0) is 11.8. The number of ether oxygens (including phenoxy) is 1. The molecule has 1 nitrogen and oxygen atoms in total. The van der Waals surface area contributed by atoms with E-state index in [1.807, 2.05) is 0 Å². The molecule has 0 aromatic rings. The van der Waals surface area contributed by atoms with Crippen LogP contribution < -0.4 is 0 Å². The monoisotopic (exact) mass is 226 g/mol. The van der Waals surface area contributed by atoms with Crippen LogP contribution in [0.15, 0.2) is 23.7 Å². The van der Waals surface area contributed by atoms with Gasteiger partial charge in [-0.2, -0.15) is 17.6 Å². The number of hydrogen-bond donors (Lipinski definition) is 0. The van der Waals surface area contributed by atoms with Gasteiger partial charge in [0.25, 0.3) is 0 Å². The van der Waals surface area contributed by atoms with Gasteiger partial charge in [0.1, 0.15) is 0 Å². The molecule has 0 rings (SSSR count). The molecule has 15 heavy (non-hydrogen) atoms. The third kappa shape index (κ3) is 5.44. The Morgan fingerprint density at radius 1 is 0.800 bits per heavy atom. The Labute approximate surface area is 86.4 Å². The topological polar surface area (TPSA) is 9.23 Å². The van der Waals surface area contributed by atoms with Crippen LogP contribution in [0.25, 0.3) is 0 Å². The average Bonchev–Trinajstić information content (AvgIpc) is 2.15. The fourth-order valence-corrected chi connectivity index (χ4v) is 0.971. The van der Waals surface area contributed by atoms with Crippen LogP contribution in [0.4, 0.5) is 17.6 Å². The van der Waals surface area contributed by atoms with Crippen LogP contribution in [-0.2, 0) is 4.74 Å². The van der Waals surface area contributed by atoms with Gasteiger partial charge in [0.2, 0.25) is 0 Å². The highest BCUT2D eigenvalue weighted by Gasteiger charge is 2.13. The van der Waals surface area contributed by atoms with E-state index in [-0.39, 0.29) is 12.8 Å². The van der Waals surface area contributed by atoms with Crippen LogP contribution in [0.3, 0.4) is 0 Å². The molecule has 0 aliphatic carbocycles. The summed E-state index contributed by atoms with van der Waals surface area (Å²) in [5.41, 5.74) is 0. The minimum atomic E-state index is -2.04. The van der Waals surface area contributed by atoms with Crippen molar-refractivity contribution in [3.05, 3.63) is 23.7 Å². The van der Waals surface area contributed by atoms with Crippen molar-refractivity contribution in [2.75, 3.05) is 0 Å². The lowest BCUT2D eigenvalue weighted by molar-refractivity contribution is 0.208. The molecule has 0 unspecified atom stereocenters. The number of rotatable bonds is 6. The molecule has 0 aliphatic rings. The summed E-state index contributed by atoms with van der Waals surface area (Å²) in [5.74, 6) is -1.32. The van der Waals surface area contributed by atoms with Crippen LogP contribution in [0.2, 0.25) is 0 Å². The zero-order valence-electron chi connectivity index (χ0n) is 8.75. The maximum Gasteiger partial charge on any atom is 0.308 e. The predicted molar refractivity (Wildman–Crippen MR) is 49.4 cm³/mol. The fourth-order valence-electron chi connectivity index (χ4n) is 0.971. The Balaban J connectivity index is 4.65. The summed E-state index contributed by atoms with van der Waals surface area (Å²) in [7, 11) is 0. The summed E-state index contributed by atoms with van der Waals surface area (Å²) in [5, 5.41) is 0. The Kier molecular flexibility index (Phi) is 6.83. The second kappa shape index (κ2) is 7.31. The maximum atomic E-state index is 12.2. The lowest BCUT2D eigenvalue weighted by atomic mass is 10.3. The van der Waals surface area contributed by atoms with Gasteiger partial charge in [0.05, 0.1) is 0 Å². The van der Waals surface area contributed by atoms with Gasteiger partial charge in [-0.1, -0.05) is 13.8 Å². The van der Waals surface area contributed by atoms with Crippen molar-refractivity contribution in [2.24, 2.45) is 0 Å². The molecule has 0 N–H and O–H groups in total. The molecule has 0 aromatic carbocycles. The van der Waals surface area contributed by atoms with Crippen LogP contribution in [-0.4, -0.2) is 0 Å². The van der Waals surface area contributed by atoms with Crippen LogP contribution in [0, 0.1) is 0 Å². The Morgan fingerprint density at radius 2 is 1.13 bits per heavy atom. The van der Waals surface area contributed by atoms with E-state index in [1.165, 1.54) is 0 Å². The summed E-state index contributed by atoms with van der Waals surface area (Å²) < 4.78 is 53.5. The molecule has 88 valence electrons. The molecule has 0 aliphatic heterocycles. The van der Waals surface area contributed by atoms with Crippen LogP contribution in [0.5, 0.6) is 0 Å². The first kappa shape index (κ1) is 14.0. The molecule has 0 aromatic heterocycles. The number of hydrogen-bond acceptors (Lipinski definition) is 1. The van der Waals surface area contributed by atoms with Crippen molar-refractivity contribution >= 4 is 0 Å². The van der Waals surface area contributed by atoms with E-state index in [0.29, 0.717) is 12.8 Å². The third-order valence-corrected chi connectivity index (χ3v) is 1.62. The third-order valence-electron chi connectivity index (χ3n) is 1.62. The van der Waals surface area contributed by atoms with Crippen LogP contribution in [0.1, 0.15) is 39.5 Å². The maximum absolute atomic E-state index is 12.2. The minimum absolute atomic E-state index is 0.0389. The van der Waals surface area contributed by atoms with Gasteiger partial charge in [-0.05, 0) is 12.8 Å². The smallest absolute Gasteiger partial charge is 0.308 e. The van der Waals surface area contributed by atoms with E-state index < -0.39 is 23.7 Å². The number of halogens is 4. The summed E-state index contributed by atoms with van der Waals surface area (Å²) in [6.07, 6.45) is -3.32. The molecule has 0 amide bonds. The SMILES string of the molecule is CCCC(OC(CCC)=C(F)F)=C(F)F. The molecule has 0 saturated carbocycles. The molecular formula is C10H14F4O. The standard InChI is InChI=1S/C10H14F4O/c1-3-5-7(9(11)12)15-8(6-4-2)10(13)14/h3-6H2,1-2H3. The van der Waals surface area contributed by atoms with E-state index in [1.54, 1.807) is 13.8 Å². The van der Waals surface area contributed by atoms with E-state index in [4.69, 9.17) is 0 Å². The van der Waals surface area contributed by atoms with Gasteiger partial charge < -0.3 is 4.74 Å². The Hall–Kier alpha value is -1.00. The summed E-state index contributed by atoms with van der Waals surface area (Å²) in [6.45, 7) is 3.34. The van der Waals surface area contributed by atoms with E-state index in [2.05, 4.69) is 4.74 Å². The van der Waals surface area contributed by atoms with Crippen molar-refractivity contribution in [1.82, 2.24) is 0 Å². The fraction of sp³-hybridized carbons (Fsp3) is 0.600. The van der Waals surface area contributed by atoms with Gasteiger partial charge in [-0.3, -0.25) is 0 Å². The van der Waals surface area contributed by atoms with E-state index >= 15 is 0 Å². The number of allylic oxidation sites excluding steroid dienone is 2. The average molecular weight is 226 g/mol. The van der Waals surface area contributed by atoms with Gasteiger partial charge in [0.15, 0.2) is 11.5 Å². The van der Waals surface area contributed by atoms with Crippen LogP contribution >= 0.6 is 0 Å². The lowest BCUT2D eigenvalue weighted by Crippen LogP contribution is -1.96. The highest BCUT2D eigenvalue weighted by molar-refractivity contribution is 5.02. The van der Waals surface area contributed by atoms with Crippen molar-refractivity contribution in [3.63, 3.8) is 0 Å². The quantitative estimate of drug-likeness (QED) is 0.466. The van der Waals surface area contributed by atoms with Gasteiger partial charge in [0, 0.05) is 12.8 Å². The summed E-state index contributed by atoms with van der Waals surface area (Å²) in [6, 6.07) is 0. The molecule has 0 bridgehead atoms. The molecule has 0 atom stereocenters. The molecular weight excluding hydrogens is 212 g/mol. The second-order valence-corrected chi connectivity index (χ2v) is 2.97. The highest BCUT2D eigenvalue weighted by atomic mass is 19.3. The molecule has 0 fully saturated rings.